The number of halogens is 3. The Morgan fingerprint density at radius 2 is 2.09 bits per heavy atom. The number of ketones is 1. The van der Waals surface area contributed by atoms with Crippen molar-refractivity contribution < 1.29 is 22.7 Å². The van der Waals surface area contributed by atoms with Crippen LogP contribution in [-0.4, -0.2) is 24.7 Å². The van der Waals surface area contributed by atoms with Crippen LogP contribution in [0, 0.1) is 0 Å². The molecule has 0 amide bonds. The molecule has 1 aliphatic rings. The SMILES string of the molecule is O=C1CCO[C@H](C(F)(F)F)C1. The molecule has 0 saturated carbocycles. The summed E-state index contributed by atoms with van der Waals surface area (Å²) in [4.78, 5) is 10.5. The molecule has 11 heavy (non-hydrogen) atoms. The van der Waals surface area contributed by atoms with Crippen LogP contribution < -0.4 is 0 Å². The van der Waals surface area contributed by atoms with Crippen LogP contribution in [0.1, 0.15) is 12.8 Å². The van der Waals surface area contributed by atoms with Crippen LogP contribution in [-0.2, 0) is 9.53 Å². The fourth-order valence-electron chi connectivity index (χ4n) is 0.893. The number of rotatable bonds is 0. The third-order valence-corrected chi connectivity index (χ3v) is 1.48. The Hall–Kier alpha value is -0.580. The molecule has 2 nitrogen and oxygen atoms in total. The first-order valence-corrected chi connectivity index (χ1v) is 3.20. The second-order valence-electron chi connectivity index (χ2n) is 2.39. The normalized spacial score (nSPS) is 27.2. The maximum absolute atomic E-state index is 11.8. The van der Waals surface area contributed by atoms with E-state index >= 15 is 0 Å². The molecule has 1 fully saturated rings. The molecule has 0 aromatic carbocycles. The van der Waals surface area contributed by atoms with Gasteiger partial charge in [0.05, 0.1) is 6.61 Å². The van der Waals surface area contributed by atoms with Crippen molar-refractivity contribution >= 4 is 5.78 Å². The third kappa shape index (κ3) is 2.18. The van der Waals surface area contributed by atoms with Crippen LogP contribution in [0.25, 0.3) is 0 Å². The number of carbonyl (C=O) groups excluding carboxylic acids is 1. The predicted octanol–water partition coefficient (Wildman–Crippen LogP) is 1.30. The molecule has 1 heterocycles. The Morgan fingerprint density at radius 3 is 2.45 bits per heavy atom. The van der Waals surface area contributed by atoms with Gasteiger partial charge in [0.25, 0.3) is 0 Å². The first kappa shape index (κ1) is 8.52. The number of hydrogen-bond acceptors (Lipinski definition) is 2. The number of hydrogen-bond donors (Lipinski definition) is 0. The van der Waals surface area contributed by atoms with Crippen LogP contribution in [0.4, 0.5) is 13.2 Å². The van der Waals surface area contributed by atoms with Gasteiger partial charge >= 0.3 is 6.18 Å². The molecule has 0 N–H and O–H groups in total. The maximum Gasteiger partial charge on any atom is 0.415 e. The number of alkyl halides is 3. The van der Waals surface area contributed by atoms with Gasteiger partial charge in [-0.15, -0.1) is 0 Å². The molecule has 0 bridgehead atoms. The van der Waals surface area contributed by atoms with E-state index in [9.17, 15) is 18.0 Å². The van der Waals surface area contributed by atoms with Gasteiger partial charge in [-0.25, -0.2) is 0 Å². The minimum atomic E-state index is -4.39. The van der Waals surface area contributed by atoms with Crippen molar-refractivity contribution in [3.8, 4) is 0 Å². The molecule has 0 aliphatic carbocycles. The van der Waals surface area contributed by atoms with E-state index in [-0.39, 0.29) is 18.8 Å². The van der Waals surface area contributed by atoms with Gasteiger partial charge in [0, 0.05) is 12.8 Å². The topological polar surface area (TPSA) is 26.3 Å². The van der Waals surface area contributed by atoms with Crippen molar-refractivity contribution in [2.24, 2.45) is 0 Å². The third-order valence-electron chi connectivity index (χ3n) is 1.48. The van der Waals surface area contributed by atoms with E-state index in [1.165, 1.54) is 0 Å². The zero-order valence-electron chi connectivity index (χ0n) is 5.65. The number of Topliss-reactive ketones (excluding diaryl/α,β-unsaturated/α-hetero) is 1. The summed E-state index contributed by atoms with van der Waals surface area (Å²) in [6.45, 7) is -0.108. The predicted molar refractivity (Wildman–Crippen MR) is 30.0 cm³/mol. The smallest absolute Gasteiger partial charge is 0.368 e. The molecule has 1 saturated heterocycles. The van der Waals surface area contributed by atoms with Crippen molar-refractivity contribution in [3.63, 3.8) is 0 Å². The van der Waals surface area contributed by atoms with E-state index in [2.05, 4.69) is 4.74 Å². The van der Waals surface area contributed by atoms with Crippen LogP contribution >= 0.6 is 0 Å². The van der Waals surface area contributed by atoms with E-state index in [1.807, 2.05) is 0 Å². The van der Waals surface area contributed by atoms with E-state index < -0.39 is 18.7 Å². The molecule has 0 spiro atoms. The lowest BCUT2D eigenvalue weighted by Crippen LogP contribution is -2.37. The van der Waals surface area contributed by atoms with Crippen LogP contribution in [0.5, 0.6) is 0 Å². The summed E-state index contributed by atoms with van der Waals surface area (Å²) in [6.07, 6.45) is -6.68. The zero-order chi connectivity index (χ0) is 8.48. The zero-order valence-corrected chi connectivity index (χ0v) is 5.65. The molecule has 5 heteroatoms. The average molecular weight is 168 g/mol. The minimum Gasteiger partial charge on any atom is -0.368 e. The highest BCUT2D eigenvalue weighted by Crippen LogP contribution is 2.27. The summed E-state index contributed by atoms with van der Waals surface area (Å²) in [6, 6.07) is 0. The number of carbonyl (C=O) groups is 1. The molecule has 0 unspecified atom stereocenters. The van der Waals surface area contributed by atoms with Gasteiger partial charge in [0.1, 0.15) is 5.78 Å². The average Bonchev–Trinajstić information content (AvgIpc) is 1.86. The lowest BCUT2D eigenvalue weighted by Gasteiger charge is -2.23. The molecule has 1 rings (SSSR count). The molecular formula is C6H7F3O2. The van der Waals surface area contributed by atoms with Crippen molar-refractivity contribution in [1.82, 2.24) is 0 Å². The Kier molecular flexibility index (Phi) is 2.17. The van der Waals surface area contributed by atoms with Crippen molar-refractivity contribution in [2.75, 3.05) is 6.61 Å². The molecule has 1 atom stereocenters. The fraction of sp³-hybridized carbons (Fsp3) is 0.833. The monoisotopic (exact) mass is 168 g/mol. The second kappa shape index (κ2) is 2.81. The Bertz CT molecular complexity index is 164. The van der Waals surface area contributed by atoms with Gasteiger partial charge in [-0.2, -0.15) is 13.2 Å². The lowest BCUT2D eigenvalue weighted by atomic mass is 10.1. The van der Waals surface area contributed by atoms with E-state index in [0.29, 0.717) is 0 Å². The molecular weight excluding hydrogens is 161 g/mol. The highest BCUT2D eigenvalue weighted by atomic mass is 19.4. The molecule has 0 aromatic heterocycles. The first-order valence-electron chi connectivity index (χ1n) is 3.20. The highest BCUT2D eigenvalue weighted by molar-refractivity contribution is 5.79. The Morgan fingerprint density at radius 1 is 1.45 bits per heavy atom. The van der Waals surface area contributed by atoms with E-state index in [4.69, 9.17) is 0 Å². The van der Waals surface area contributed by atoms with Gasteiger partial charge in [0.15, 0.2) is 6.10 Å². The van der Waals surface area contributed by atoms with Gasteiger partial charge in [-0.3, -0.25) is 4.79 Å². The quantitative estimate of drug-likeness (QED) is 0.544. The minimum absolute atomic E-state index is 0.104. The van der Waals surface area contributed by atoms with Crippen LogP contribution in [0.2, 0.25) is 0 Å². The Labute approximate surface area is 61.3 Å². The van der Waals surface area contributed by atoms with Gasteiger partial charge in [-0.05, 0) is 0 Å². The van der Waals surface area contributed by atoms with E-state index in [0.717, 1.165) is 0 Å². The van der Waals surface area contributed by atoms with Gasteiger partial charge < -0.3 is 4.74 Å². The summed E-state index contributed by atoms with van der Waals surface area (Å²) in [7, 11) is 0. The summed E-state index contributed by atoms with van der Waals surface area (Å²) in [5.74, 6) is -0.376. The highest BCUT2D eigenvalue weighted by Gasteiger charge is 2.43. The van der Waals surface area contributed by atoms with Crippen LogP contribution in [0.3, 0.4) is 0 Å². The van der Waals surface area contributed by atoms with Crippen molar-refractivity contribution in [2.45, 2.75) is 25.1 Å². The molecule has 0 radical (unpaired) electrons. The summed E-state index contributed by atoms with van der Waals surface area (Å²) < 4.78 is 39.9. The lowest BCUT2D eigenvalue weighted by molar-refractivity contribution is -0.227. The summed E-state index contributed by atoms with van der Waals surface area (Å²) in [5, 5.41) is 0. The second-order valence-corrected chi connectivity index (χ2v) is 2.39. The van der Waals surface area contributed by atoms with Crippen molar-refractivity contribution in [3.05, 3.63) is 0 Å². The molecule has 0 aromatic rings. The number of ether oxygens (including phenoxy) is 1. The maximum atomic E-state index is 11.8. The summed E-state index contributed by atoms with van der Waals surface area (Å²) >= 11 is 0. The largest absolute Gasteiger partial charge is 0.415 e. The van der Waals surface area contributed by atoms with Gasteiger partial charge in [-0.1, -0.05) is 0 Å². The summed E-state index contributed by atoms with van der Waals surface area (Å²) in [5.41, 5.74) is 0. The molecule has 1 aliphatic heterocycles. The standard InChI is InChI=1S/C6H7F3O2/c7-6(8,9)5-3-4(10)1-2-11-5/h5H,1-3H2/t5-/m0/s1. The van der Waals surface area contributed by atoms with Crippen LogP contribution in [0.15, 0.2) is 0 Å². The van der Waals surface area contributed by atoms with E-state index in [1.54, 1.807) is 0 Å². The first-order chi connectivity index (χ1) is 5.00. The van der Waals surface area contributed by atoms with Gasteiger partial charge in [0.2, 0.25) is 0 Å². The van der Waals surface area contributed by atoms with Crippen molar-refractivity contribution in [1.29, 1.82) is 0 Å². The Balaban J connectivity index is 2.53. The fourth-order valence-corrected chi connectivity index (χ4v) is 0.893. The molecule has 64 valence electrons.